The van der Waals surface area contributed by atoms with Crippen molar-refractivity contribution in [3.05, 3.63) is 89.7 Å². The summed E-state index contributed by atoms with van der Waals surface area (Å²) in [6, 6.07) is 18.3. The van der Waals surface area contributed by atoms with Crippen LogP contribution in [0.25, 0.3) is 0 Å². The molecular formula is C24H24FN3O4S. The van der Waals surface area contributed by atoms with Crippen LogP contribution in [0.15, 0.2) is 77.7 Å². The molecule has 4 rings (SSSR count). The molecule has 1 fully saturated rings. The third-order valence-corrected chi connectivity index (χ3v) is 6.58. The summed E-state index contributed by atoms with van der Waals surface area (Å²) in [5.74, 6) is -0.886. The van der Waals surface area contributed by atoms with Crippen molar-refractivity contribution in [1.29, 1.82) is 0 Å². The molecule has 0 aromatic heterocycles. The lowest BCUT2D eigenvalue weighted by Gasteiger charge is -2.26. The van der Waals surface area contributed by atoms with Gasteiger partial charge >= 0.3 is 0 Å². The second-order valence-electron chi connectivity index (χ2n) is 7.68. The van der Waals surface area contributed by atoms with Crippen LogP contribution in [-0.2, 0) is 21.3 Å². The van der Waals surface area contributed by atoms with Crippen molar-refractivity contribution in [2.75, 3.05) is 36.3 Å². The van der Waals surface area contributed by atoms with Gasteiger partial charge in [-0.25, -0.2) is 12.8 Å². The molecular weight excluding hydrogens is 445 g/mol. The Hall–Kier alpha value is -3.27. The Labute approximate surface area is 192 Å². The number of amides is 1. The summed E-state index contributed by atoms with van der Waals surface area (Å²) in [6.45, 7) is 3.92. The predicted molar refractivity (Wildman–Crippen MR) is 124 cm³/mol. The third-order valence-electron chi connectivity index (χ3n) is 5.20. The van der Waals surface area contributed by atoms with Gasteiger partial charge in [-0.15, -0.1) is 0 Å². The maximum Gasteiger partial charge on any atom is 0.261 e. The van der Waals surface area contributed by atoms with Gasteiger partial charge in [0.05, 0.1) is 18.1 Å². The number of halogens is 1. The molecule has 1 amide bonds. The van der Waals surface area contributed by atoms with Crippen molar-refractivity contribution in [2.45, 2.75) is 11.4 Å². The number of anilines is 2. The van der Waals surface area contributed by atoms with E-state index in [2.05, 4.69) is 14.9 Å². The predicted octanol–water partition coefficient (Wildman–Crippen LogP) is 3.71. The largest absolute Gasteiger partial charge is 0.379 e. The van der Waals surface area contributed by atoms with Crippen LogP contribution in [0.5, 0.6) is 0 Å². The molecule has 7 nitrogen and oxygen atoms in total. The van der Waals surface area contributed by atoms with Crippen LogP contribution in [0.4, 0.5) is 15.8 Å². The van der Waals surface area contributed by atoms with E-state index < -0.39 is 21.7 Å². The number of ether oxygens (including phenoxy) is 1. The van der Waals surface area contributed by atoms with Gasteiger partial charge in [0.2, 0.25) is 0 Å². The zero-order chi connectivity index (χ0) is 23.3. The summed E-state index contributed by atoms with van der Waals surface area (Å²) in [5, 5.41) is 2.83. The summed E-state index contributed by atoms with van der Waals surface area (Å²) < 4.78 is 46.2. The van der Waals surface area contributed by atoms with E-state index in [4.69, 9.17) is 4.74 Å². The highest BCUT2D eigenvalue weighted by Crippen LogP contribution is 2.19. The van der Waals surface area contributed by atoms with Crippen molar-refractivity contribution in [2.24, 2.45) is 0 Å². The zero-order valence-corrected chi connectivity index (χ0v) is 18.6. The Bertz CT molecular complexity index is 1230. The minimum absolute atomic E-state index is 0.0689. The molecule has 2 N–H and O–H groups in total. The number of carbonyl (C=O) groups is 1. The van der Waals surface area contributed by atoms with E-state index in [1.807, 2.05) is 18.2 Å². The monoisotopic (exact) mass is 469 g/mol. The second-order valence-corrected chi connectivity index (χ2v) is 9.37. The first-order chi connectivity index (χ1) is 15.9. The molecule has 0 aliphatic carbocycles. The average molecular weight is 470 g/mol. The summed E-state index contributed by atoms with van der Waals surface area (Å²) in [5.41, 5.74) is 2.12. The van der Waals surface area contributed by atoms with Crippen LogP contribution in [0, 0.1) is 5.82 Å². The molecule has 1 heterocycles. The topological polar surface area (TPSA) is 87.7 Å². The molecule has 0 spiro atoms. The minimum atomic E-state index is -3.95. The number of morpholine rings is 1. The standard InChI is InChI=1S/C24H24FN3O4S/c25-20-7-9-21(10-8-20)27-33(30,31)23-6-2-4-19(16-23)24(29)26-22-5-1-3-18(15-22)17-28-11-13-32-14-12-28/h1-10,15-16,27H,11-14,17H2,(H,26,29). The Kier molecular flexibility index (Phi) is 7.02. The highest BCUT2D eigenvalue weighted by molar-refractivity contribution is 7.92. The molecule has 0 saturated carbocycles. The van der Waals surface area contributed by atoms with Crippen LogP contribution in [0.3, 0.4) is 0 Å². The highest BCUT2D eigenvalue weighted by atomic mass is 32.2. The second kappa shape index (κ2) is 10.1. The summed E-state index contributed by atoms with van der Waals surface area (Å²) >= 11 is 0. The zero-order valence-electron chi connectivity index (χ0n) is 17.8. The molecule has 0 radical (unpaired) electrons. The first-order valence-electron chi connectivity index (χ1n) is 10.5. The normalized spacial score (nSPS) is 14.6. The van der Waals surface area contributed by atoms with Crippen molar-refractivity contribution in [3.63, 3.8) is 0 Å². The Morgan fingerprint density at radius 3 is 2.42 bits per heavy atom. The number of nitrogens with zero attached hydrogens (tertiary/aromatic N) is 1. The first-order valence-corrected chi connectivity index (χ1v) is 12.0. The molecule has 1 aliphatic heterocycles. The lowest BCUT2D eigenvalue weighted by molar-refractivity contribution is 0.0342. The van der Waals surface area contributed by atoms with E-state index in [-0.39, 0.29) is 16.1 Å². The van der Waals surface area contributed by atoms with Crippen LogP contribution >= 0.6 is 0 Å². The Morgan fingerprint density at radius 2 is 1.67 bits per heavy atom. The molecule has 1 aliphatic rings. The number of nitrogens with one attached hydrogen (secondary N) is 2. The molecule has 0 unspecified atom stereocenters. The molecule has 3 aromatic rings. The van der Waals surface area contributed by atoms with Crippen molar-refractivity contribution in [1.82, 2.24) is 4.90 Å². The number of hydrogen-bond donors (Lipinski definition) is 2. The van der Waals surface area contributed by atoms with Gasteiger partial charge in [0.1, 0.15) is 5.82 Å². The van der Waals surface area contributed by atoms with Gasteiger partial charge in [-0.2, -0.15) is 0 Å². The minimum Gasteiger partial charge on any atom is -0.379 e. The maximum absolute atomic E-state index is 13.1. The van der Waals surface area contributed by atoms with Crippen LogP contribution < -0.4 is 10.0 Å². The quantitative estimate of drug-likeness (QED) is 0.551. The van der Waals surface area contributed by atoms with Crippen LogP contribution in [-0.4, -0.2) is 45.5 Å². The summed E-state index contributed by atoms with van der Waals surface area (Å²) in [6.07, 6.45) is 0. The average Bonchev–Trinajstić information content (AvgIpc) is 2.81. The third kappa shape index (κ3) is 6.16. The fourth-order valence-electron chi connectivity index (χ4n) is 3.50. The fourth-order valence-corrected chi connectivity index (χ4v) is 4.61. The Morgan fingerprint density at radius 1 is 0.939 bits per heavy atom. The number of carbonyl (C=O) groups excluding carboxylic acids is 1. The molecule has 1 saturated heterocycles. The maximum atomic E-state index is 13.1. The number of rotatable bonds is 7. The van der Waals surface area contributed by atoms with E-state index in [0.29, 0.717) is 18.9 Å². The van der Waals surface area contributed by atoms with Crippen molar-refractivity contribution < 1.29 is 22.3 Å². The first kappa shape index (κ1) is 22.9. The van der Waals surface area contributed by atoms with Gasteiger partial charge in [-0.3, -0.25) is 14.4 Å². The summed E-state index contributed by atoms with van der Waals surface area (Å²) in [7, 11) is -3.95. The van der Waals surface area contributed by atoms with Crippen LogP contribution in [0.2, 0.25) is 0 Å². The van der Waals surface area contributed by atoms with Gasteiger partial charge in [-0.05, 0) is 60.2 Å². The van der Waals surface area contributed by atoms with Gasteiger partial charge in [0.15, 0.2) is 0 Å². The Balaban J connectivity index is 1.45. The fraction of sp³-hybridized carbons (Fsp3) is 0.208. The number of hydrogen-bond acceptors (Lipinski definition) is 5. The van der Waals surface area contributed by atoms with E-state index in [1.54, 1.807) is 12.1 Å². The molecule has 172 valence electrons. The van der Waals surface area contributed by atoms with Gasteiger partial charge in [0, 0.05) is 36.6 Å². The molecule has 0 bridgehead atoms. The van der Waals surface area contributed by atoms with E-state index in [1.165, 1.54) is 30.3 Å². The van der Waals surface area contributed by atoms with Crippen LogP contribution in [0.1, 0.15) is 15.9 Å². The SMILES string of the molecule is O=C(Nc1cccc(CN2CCOCC2)c1)c1cccc(S(=O)(=O)Nc2ccc(F)cc2)c1. The van der Waals surface area contributed by atoms with Crippen molar-refractivity contribution >= 4 is 27.3 Å². The molecule has 9 heteroatoms. The number of sulfonamides is 1. The highest BCUT2D eigenvalue weighted by Gasteiger charge is 2.17. The molecule has 33 heavy (non-hydrogen) atoms. The molecule has 3 aromatic carbocycles. The number of benzene rings is 3. The van der Waals surface area contributed by atoms with Crippen molar-refractivity contribution in [3.8, 4) is 0 Å². The lowest BCUT2D eigenvalue weighted by atomic mass is 10.1. The van der Waals surface area contributed by atoms with E-state index in [9.17, 15) is 17.6 Å². The van der Waals surface area contributed by atoms with E-state index in [0.717, 1.165) is 37.3 Å². The van der Waals surface area contributed by atoms with Gasteiger partial charge in [-0.1, -0.05) is 18.2 Å². The smallest absolute Gasteiger partial charge is 0.261 e. The molecule has 0 atom stereocenters. The van der Waals surface area contributed by atoms with E-state index >= 15 is 0 Å². The van der Waals surface area contributed by atoms with Gasteiger partial charge in [0.25, 0.3) is 15.9 Å². The summed E-state index contributed by atoms with van der Waals surface area (Å²) in [4.78, 5) is 15.0. The van der Waals surface area contributed by atoms with Gasteiger partial charge < -0.3 is 10.1 Å². The lowest BCUT2D eigenvalue weighted by Crippen LogP contribution is -2.35.